The second-order valence-corrected chi connectivity index (χ2v) is 4.56. The highest BCUT2D eigenvalue weighted by Gasteiger charge is 2.37. The molecule has 4 heteroatoms. The smallest absolute Gasteiger partial charge is 0.227 e. The minimum Gasteiger partial charge on any atom is -0.339 e. The Balaban J connectivity index is 2.00. The predicted octanol–water partition coefficient (Wildman–Crippen LogP) is 1.54. The van der Waals surface area contributed by atoms with Gasteiger partial charge in [-0.1, -0.05) is 12.8 Å². The number of nitrogens with zero attached hydrogens (tertiary/aromatic N) is 1. The second-order valence-electron chi connectivity index (χ2n) is 4.19. The van der Waals surface area contributed by atoms with Crippen LogP contribution in [0.3, 0.4) is 0 Å². The van der Waals surface area contributed by atoms with Crippen LogP contribution in [0.25, 0.3) is 0 Å². The molecule has 2 fully saturated rings. The monoisotopic (exact) mass is 215 g/mol. The normalized spacial score (nSPS) is 28.8. The number of carbonyl (C=O) groups excluding carboxylic acids is 2. The van der Waals surface area contributed by atoms with Gasteiger partial charge in [-0.2, -0.15) is 0 Å². The van der Waals surface area contributed by atoms with E-state index in [0.717, 1.165) is 12.8 Å². The average molecular weight is 216 g/mol. The Morgan fingerprint density at radius 2 is 2.00 bits per heavy atom. The lowest BCUT2D eigenvalue weighted by Crippen LogP contribution is -2.34. The Kier molecular flexibility index (Phi) is 2.77. The Bertz CT molecular complexity index is 261. The Morgan fingerprint density at radius 3 is 2.50 bits per heavy atom. The standard InChI is InChI=1S/C10H14ClNO2/c11-10(14)7-5-9(13)12(6-7)8-3-1-2-4-8/h7-8H,1-6H2. The number of likely N-dealkylation sites (tertiary alicyclic amines) is 1. The molecule has 0 radical (unpaired) electrons. The van der Waals surface area contributed by atoms with E-state index in [1.165, 1.54) is 12.8 Å². The first-order chi connectivity index (χ1) is 6.68. The summed E-state index contributed by atoms with van der Waals surface area (Å²) < 4.78 is 0. The molecule has 14 heavy (non-hydrogen) atoms. The van der Waals surface area contributed by atoms with Crippen LogP contribution in [-0.2, 0) is 9.59 Å². The first-order valence-corrected chi connectivity index (χ1v) is 5.55. The number of hydrogen-bond acceptors (Lipinski definition) is 2. The van der Waals surface area contributed by atoms with Crippen molar-refractivity contribution in [2.75, 3.05) is 6.54 Å². The topological polar surface area (TPSA) is 37.4 Å². The van der Waals surface area contributed by atoms with Crippen LogP contribution in [0.15, 0.2) is 0 Å². The van der Waals surface area contributed by atoms with E-state index in [-0.39, 0.29) is 17.1 Å². The van der Waals surface area contributed by atoms with Crippen molar-refractivity contribution in [1.82, 2.24) is 4.90 Å². The lowest BCUT2D eigenvalue weighted by atomic mass is 10.1. The zero-order valence-electron chi connectivity index (χ0n) is 8.04. The van der Waals surface area contributed by atoms with E-state index >= 15 is 0 Å². The summed E-state index contributed by atoms with van der Waals surface area (Å²) >= 11 is 5.40. The first kappa shape index (κ1) is 9.97. The third-order valence-electron chi connectivity index (χ3n) is 3.24. The van der Waals surface area contributed by atoms with Crippen LogP contribution in [0.1, 0.15) is 32.1 Å². The minimum absolute atomic E-state index is 0.107. The van der Waals surface area contributed by atoms with E-state index in [1.807, 2.05) is 4.90 Å². The number of carbonyl (C=O) groups is 2. The molecule has 1 heterocycles. The van der Waals surface area contributed by atoms with Gasteiger partial charge in [-0.25, -0.2) is 0 Å². The van der Waals surface area contributed by atoms with Crippen LogP contribution in [0.2, 0.25) is 0 Å². The van der Waals surface area contributed by atoms with E-state index in [4.69, 9.17) is 11.6 Å². The van der Waals surface area contributed by atoms with Crippen molar-refractivity contribution in [3.05, 3.63) is 0 Å². The molecule has 78 valence electrons. The van der Waals surface area contributed by atoms with Crippen LogP contribution in [-0.4, -0.2) is 28.6 Å². The molecule has 0 N–H and O–H groups in total. The highest BCUT2D eigenvalue weighted by atomic mass is 35.5. The molecule has 0 aromatic heterocycles. The molecule has 1 aliphatic carbocycles. The van der Waals surface area contributed by atoms with Crippen molar-refractivity contribution in [3.63, 3.8) is 0 Å². The van der Waals surface area contributed by atoms with Crippen LogP contribution in [0.5, 0.6) is 0 Å². The van der Waals surface area contributed by atoms with Crippen molar-refractivity contribution in [1.29, 1.82) is 0 Å². The quantitative estimate of drug-likeness (QED) is 0.656. The van der Waals surface area contributed by atoms with Gasteiger partial charge in [0.25, 0.3) is 0 Å². The van der Waals surface area contributed by atoms with E-state index in [2.05, 4.69) is 0 Å². The number of rotatable bonds is 2. The fourth-order valence-electron chi connectivity index (χ4n) is 2.45. The van der Waals surface area contributed by atoms with Crippen molar-refractivity contribution in [3.8, 4) is 0 Å². The summed E-state index contributed by atoms with van der Waals surface area (Å²) in [4.78, 5) is 24.4. The molecule has 3 nitrogen and oxygen atoms in total. The third-order valence-corrected chi connectivity index (χ3v) is 3.55. The summed E-state index contributed by atoms with van der Waals surface area (Å²) in [5, 5.41) is -0.362. The van der Waals surface area contributed by atoms with Crippen molar-refractivity contribution >= 4 is 22.8 Å². The molecule has 0 aromatic carbocycles. The summed E-state index contributed by atoms with van der Waals surface area (Å²) in [5.74, 6) is -0.152. The Hall–Kier alpha value is -0.570. The van der Waals surface area contributed by atoms with Crippen LogP contribution < -0.4 is 0 Å². The van der Waals surface area contributed by atoms with Gasteiger partial charge in [0.15, 0.2) is 0 Å². The summed E-state index contributed by atoms with van der Waals surface area (Å²) in [6.07, 6.45) is 4.91. The Labute approximate surface area is 88.4 Å². The van der Waals surface area contributed by atoms with E-state index in [0.29, 0.717) is 19.0 Å². The van der Waals surface area contributed by atoms with Crippen molar-refractivity contribution < 1.29 is 9.59 Å². The summed E-state index contributed by atoms with van der Waals surface area (Å²) in [6.45, 7) is 0.547. The molecule has 1 saturated carbocycles. The molecular formula is C10H14ClNO2. The zero-order chi connectivity index (χ0) is 10.1. The second kappa shape index (κ2) is 3.89. The summed E-state index contributed by atoms with van der Waals surface area (Å²) in [6, 6.07) is 0.378. The molecular weight excluding hydrogens is 202 g/mol. The molecule has 1 unspecified atom stereocenters. The highest BCUT2D eigenvalue weighted by molar-refractivity contribution is 6.64. The number of halogens is 1. The first-order valence-electron chi connectivity index (χ1n) is 5.17. The fourth-order valence-corrected chi connectivity index (χ4v) is 2.60. The number of amides is 1. The highest BCUT2D eigenvalue weighted by Crippen LogP contribution is 2.30. The van der Waals surface area contributed by atoms with Crippen LogP contribution in [0.4, 0.5) is 0 Å². The van der Waals surface area contributed by atoms with Gasteiger partial charge in [0.05, 0.1) is 5.92 Å². The SMILES string of the molecule is O=C(Cl)C1CC(=O)N(C2CCCC2)C1. The molecule has 1 aliphatic heterocycles. The third kappa shape index (κ3) is 1.78. The summed E-state index contributed by atoms with van der Waals surface area (Å²) in [7, 11) is 0. The van der Waals surface area contributed by atoms with E-state index < -0.39 is 0 Å². The van der Waals surface area contributed by atoms with Gasteiger partial charge in [0.2, 0.25) is 11.1 Å². The lowest BCUT2D eigenvalue weighted by molar-refractivity contribution is -0.129. The fraction of sp³-hybridized carbons (Fsp3) is 0.800. The van der Waals surface area contributed by atoms with Crippen LogP contribution in [0, 0.1) is 5.92 Å². The van der Waals surface area contributed by atoms with Gasteiger partial charge < -0.3 is 4.90 Å². The molecule has 2 aliphatic rings. The minimum atomic E-state index is -0.362. The molecule has 1 atom stereocenters. The van der Waals surface area contributed by atoms with E-state index in [1.54, 1.807) is 0 Å². The summed E-state index contributed by atoms with van der Waals surface area (Å²) in [5.41, 5.74) is 0. The molecule has 0 spiro atoms. The van der Waals surface area contributed by atoms with E-state index in [9.17, 15) is 9.59 Å². The van der Waals surface area contributed by atoms with Crippen molar-refractivity contribution in [2.45, 2.75) is 38.1 Å². The zero-order valence-corrected chi connectivity index (χ0v) is 8.79. The molecule has 1 amide bonds. The maximum absolute atomic E-state index is 11.6. The van der Waals surface area contributed by atoms with Gasteiger partial charge in [-0.3, -0.25) is 9.59 Å². The lowest BCUT2D eigenvalue weighted by Gasteiger charge is -2.23. The maximum Gasteiger partial charge on any atom is 0.227 e. The van der Waals surface area contributed by atoms with Crippen molar-refractivity contribution in [2.24, 2.45) is 5.92 Å². The molecule has 0 aromatic rings. The number of hydrogen-bond donors (Lipinski definition) is 0. The van der Waals surface area contributed by atoms with Gasteiger partial charge in [0.1, 0.15) is 0 Å². The maximum atomic E-state index is 11.6. The van der Waals surface area contributed by atoms with Gasteiger partial charge in [-0.05, 0) is 24.4 Å². The van der Waals surface area contributed by atoms with Gasteiger partial charge >= 0.3 is 0 Å². The van der Waals surface area contributed by atoms with Crippen LogP contribution >= 0.6 is 11.6 Å². The Morgan fingerprint density at radius 1 is 1.36 bits per heavy atom. The molecule has 2 rings (SSSR count). The average Bonchev–Trinajstić information content (AvgIpc) is 2.71. The molecule has 1 saturated heterocycles. The predicted molar refractivity (Wildman–Crippen MR) is 52.9 cm³/mol. The molecule has 0 bridgehead atoms. The largest absolute Gasteiger partial charge is 0.339 e. The van der Waals surface area contributed by atoms with Gasteiger partial charge in [-0.15, -0.1) is 0 Å². The van der Waals surface area contributed by atoms with Gasteiger partial charge in [0, 0.05) is 19.0 Å².